The lowest BCUT2D eigenvalue weighted by Crippen LogP contribution is -2.14. The van der Waals surface area contributed by atoms with Gasteiger partial charge in [0.1, 0.15) is 5.82 Å². The summed E-state index contributed by atoms with van der Waals surface area (Å²) in [5.74, 6) is -1.71. The molecule has 0 unspecified atom stereocenters. The van der Waals surface area contributed by atoms with Gasteiger partial charge < -0.3 is 5.11 Å². The highest BCUT2D eigenvalue weighted by molar-refractivity contribution is 7.90. The Balaban J connectivity index is 1.74. The Kier molecular flexibility index (Phi) is 7.25. The lowest BCUT2D eigenvalue weighted by molar-refractivity contribution is 0.0697. The van der Waals surface area contributed by atoms with Crippen LogP contribution in [0.2, 0.25) is 5.02 Å². The molecule has 0 radical (unpaired) electrons. The average molecular weight is 622 g/mol. The number of fused-ring (bicyclic) bond motifs is 1. The van der Waals surface area contributed by atoms with Crippen LogP contribution >= 0.6 is 11.6 Å². The van der Waals surface area contributed by atoms with Crippen LogP contribution in [0.15, 0.2) is 108 Å². The van der Waals surface area contributed by atoms with Crippen molar-refractivity contribution >= 4 is 44.2 Å². The van der Waals surface area contributed by atoms with Crippen LogP contribution in [0, 0.1) is 19.3 Å². The first-order valence-corrected chi connectivity index (χ1v) is 15.0. The van der Waals surface area contributed by atoms with Gasteiger partial charge in [0.2, 0.25) is 5.69 Å². The summed E-state index contributed by atoms with van der Waals surface area (Å²) in [4.78, 5) is 19.6. The monoisotopic (exact) mass is 621 g/mol. The van der Waals surface area contributed by atoms with Crippen LogP contribution in [0.25, 0.3) is 49.4 Å². The Morgan fingerprint density at radius 2 is 1.70 bits per heavy atom. The summed E-state index contributed by atoms with van der Waals surface area (Å²) in [5.41, 5.74) is 3.42. The zero-order valence-electron chi connectivity index (χ0n) is 23.0. The Bertz CT molecular complexity index is 2270. The second-order valence-electron chi connectivity index (χ2n) is 10.0. The van der Waals surface area contributed by atoms with Crippen molar-refractivity contribution in [2.24, 2.45) is 0 Å². The van der Waals surface area contributed by atoms with Crippen LogP contribution in [0.4, 0.5) is 10.1 Å². The molecule has 0 aliphatic rings. The summed E-state index contributed by atoms with van der Waals surface area (Å²) in [5, 5.41) is 9.83. The number of hydrogen-bond acceptors (Lipinski definition) is 4. The number of carboxylic acid groups (broad SMARTS) is 1. The molecule has 216 valence electrons. The molecule has 1 N–H and O–H groups in total. The lowest BCUT2D eigenvalue weighted by atomic mass is 9.97. The number of aromatic nitrogens is 2. The van der Waals surface area contributed by atoms with E-state index in [9.17, 15) is 22.7 Å². The largest absolute Gasteiger partial charge is 0.478 e. The van der Waals surface area contributed by atoms with Crippen molar-refractivity contribution in [2.45, 2.75) is 11.8 Å². The van der Waals surface area contributed by atoms with Crippen molar-refractivity contribution in [3.05, 3.63) is 137 Å². The van der Waals surface area contributed by atoms with Crippen LogP contribution in [-0.4, -0.2) is 28.5 Å². The normalized spacial score (nSPS) is 11.4. The zero-order chi connectivity index (χ0) is 31.2. The predicted molar refractivity (Wildman–Crippen MR) is 168 cm³/mol. The Morgan fingerprint density at radius 1 is 0.955 bits per heavy atom. The number of carbonyl (C=O) groups is 1. The number of hydrogen-bond donors (Lipinski definition) is 1. The minimum absolute atomic E-state index is 0.0189. The third-order valence-corrected chi connectivity index (χ3v) is 9.29. The minimum atomic E-state index is -4.28. The Morgan fingerprint density at radius 3 is 2.41 bits per heavy atom. The van der Waals surface area contributed by atoms with E-state index in [0.717, 1.165) is 5.56 Å². The summed E-state index contributed by atoms with van der Waals surface area (Å²) < 4.78 is 44.9. The maximum atomic E-state index is 14.8. The molecule has 10 heteroatoms. The number of benzene rings is 4. The summed E-state index contributed by atoms with van der Waals surface area (Å²) in [6, 6.07) is 24.6. The SMILES string of the molecule is [C-]#[N+]c1cccnc1-c1c(-c2cccc(-c3ccc(C(=O)O)cc3Cl)c2)n(S(=O)(=O)c2ccc(C)cc2)c2ccc(F)cc12. The Labute approximate surface area is 257 Å². The van der Waals surface area contributed by atoms with E-state index in [2.05, 4.69) is 9.83 Å². The molecule has 0 aliphatic carbocycles. The van der Waals surface area contributed by atoms with Crippen molar-refractivity contribution in [1.82, 2.24) is 8.96 Å². The van der Waals surface area contributed by atoms with Crippen molar-refractivity contribution < 1.29 is 22.7 Å². The average Bonchev–Trinajstić information content (AvgIpc) is 3.36. The third-order valence-electron chi connectivity index (χ3n) is 7.25. The molecule has 0 amide bonds. The first-order chi connectivity index (χ1) is 21.1. The van der Waals surface area contributed by atoms with Gasteiger partial charge in [-0.2, -0.15) is 0 Å². The van der Waals surface area contributed by atoms with Gasteiger partial charge in [-0.1, -0.05) is 65.7 Å². The smallest absolute Gasteiger partial charge is 0.335 e. The molecule has 0 fully saturated rings. The lowest BCUT2D eigenvalue weighted by Gasteiger charge is -2.15. The molecule has 2 heterocycles. The van der Waals surface area contributed by atoms with Crippen LogP contribution < -0.4 is 0 Å². The predicted octanol–water partition coefficient (Wildman–Crippen LogP) is 8.62. The second kappa shape index (κ2) is 11.1. The van der Waals surface area contributed by atoms with E-state index in [-0.39, 0.29) is 49.0 Å². The number of pyridine rings is 1. The quantitative estimate of drug-likeness (QED) is 0.188. The minimum Gasteiger partial charge on any atom is -0.478 e. The van der Waals surface area contributed by atoms with Gasteiger partial charge in [-0.3, -0.25) is 4.98 Å². The van der Waals surface area contributed by atoms with Gasteiger partial charge in [-0.05, 0) is 61.0 Å². The van der Waals surface area contributed by atoms with Gasteiger partial charge >= 0.3 is 5.97 Å². The third kappa shape index (κ3) is 4.90. The number of aryl methyl sites for hydroxylation is 1. The summed E-state index contributed by atoms with van der Waals surface area (Å²) in [7, 11) is -4.28. The van der Waals surface area contributed by atoms with Crippen LogP contribution in [0.3, 0.4) is 0 Å². The maximum absolute atomic E-state index is 14.8. The fourth-order valence-corrected chi connectivity index (χ4v) is 7.03. The van der Waals surface area contributed by atoms with E-state index in [1.807, 2.05) is 6.92 Å². The summed E-state index contributed by atoms with van der Waals surface area (Å²) in [6.07, 6.45) is 1.49. The van der Waals surface area contributed by atoms with E-state index in [0.29, 0.717) is 16.7 Å². The molecular formula is C34H21ClFN3O4S. The van der Waals surface area contributed by atoms with Crippen LogP contribution in [0.5, 0.6) is 0 Å². The van der Waals surface area contributed by atoms with Crippen LogP contribution in [0.1, 0.15) is 15.9 Å². The van der Waals surface area contributed by atoms with E-state index in [1.165, 1.54) is 52.6 Å². The summed E-state index contributed by atoms with van der Waals surface area (Å²) in [6.45, 7) is 9.64. The molecular weight excluding hydrogens is 601 g/mol. The van der Waals surface area contributed by atoms with Gasteiger partial charge in [0.05, 0.1) is 33.9 Å². The van der Waals surface area contributed by atoms with E-state index >= 15 is 0 Å². The summed E-state index contributed by atoms with van der Waals surface area (Å²) >= 11 is 6.50. The Hall–Kier alpha value is -5.30. The van der Waals surface area contributed by atoms with Gasteiger partial charge in [-0.25, -0.2) is 26.4 Å². The molecule has 7 nitrogen and oxygen atoms in total. The number of rotatable bonds is 6. The molecule has 44 heavy (non-hydrogen) atoms. The van der Waals surface area contributed by atoms with Gasteiger partial charge in [0, 0.05) is 33.3 Å². The maximum Gasteiger partial charge on any atom is 0.335 e. The van der Waals surface area contributed by atoms with Gasteiger partial charge in [0.15, 0.2) is 0 Å². The molecule has 0 atom stereocenters. The molecule has 0 aliphatic heterocycles. The van der Waals surface area contributed by atoms with E-state index in [4.69, 9.17) is 18.2 Å². The zero-order valence-corrected chi connectivity index (χ0v) is 24.6. The van der Waals surface area contributed by atoms with Crippen molar-refractivity contribution in [3.8, 4) is 33.6 Å². The van der Waals surface area contributed by atoms with Crippen molar-refractivity contribution in [3.63, 3.8) is 0 Å². The highest BCUT2D eigenvalue weighted by Gasteiger charge is 2.30. The number of halogens is 2. The highest BCUT2D eigenvalue weighted by Crippen LogP contribution is 2.46. The van der Waals surface area contributed by atoms with E-state index in [1.54, 1.807) is 54.6 Å². The fourth-order valence-electron chi connectivity index (χ4n) is 5.20. The molecule has 0 spiro atoms. The fraction of sp³-hybridized carbons (Fsp3) is 0.0294. The molecule has 6 rings (SSSR count). The molecule has 0 bridgehead atoms. The first kappa shape index (κ1) is 28.8. The number of carboxylic acids is 1. The second-order valence-corrected chi connectivity index (χ2v) is 12.2. The molecule has 0 saturated carbocycles. The van der Waals surface area contributed by atoms with Gasteiger partial charge in [0.25, 0.3) is 10.0 Å². The topological polar surface area (TPSA) is 93.6 Å². The molecule has 4 aromatic carbocycles. The molecule has 0 saturated heterocycles. The van der Waals surface area contributed by atoms with E-state index < -0.39 is 21.8 Å². The number of aromatic carboxylic acids is 1. The first-order valence-electron chi connectivity index (χ1n) is 13.2. The molecule has 2 aromatic heterocycles. The standard InChI is InChI=1S/C34H21ClFN3O4S/c1-20-8-12-25(13-9-20)44(42,43)39-30-15-11-24(36)19-27(30)31(32-29(37-2)7-4-16-38-32)33(39)22-6-3-5-21(17-22)26-14-10-23(34(40)41)18-28(26)35/h3-19H,1H3,(H,40,41). The van der Waals surface area contributed by atoms with Crippen LogP contribution in [-0.2, 0) is 10.0 Å². The van der Waals surface area contributed by atoms with Gasteiger partial charge in [-0.15, -0.1) is 0 Å². The van der Waals surface area contributed by atoms with Crippen molar-refractivity contribution in [2.75, 3.05) is 0 Å². The highest BCUT2D eigenvalue weighted by atomic mass is 35.5. The van der Waals surface area contributed by atoms with Crippen molar-refractivity contribution in [1.29, 1.82) is 0 Å². The number of nitrogens with zero attached hydrogens (tertiary/aromatic N) is 3. The molecule has 6 aromatic rings.